The normalized spacial score (nSPS) is 11.8. The topological polar surface area (TPSA) is 92.5 Å². The molecule has 3 heterocycles. The maximum Gasteiger partial charge on any atom is 0.451 e. The van der Waals surface area contributed by atoms with Gasteiger partial charge < -0.3 is 14.8 Å². The summed E-state index contributed by atoms with van der Waals surface area (Å²) in [6.07, 6.45) is -3.41. The number of H-pyrrole nitrogens is 1. The molecule has 0 unspecified atom stereocenters. The first-order chi connectivity index (χ1) is 12.5. The van der Waals surface area contributed by atoms with Crippen molar-refractivity contribution in [3.63, 3.8) is 0 Å². The standard InChI is InChI=1S/C16H11F3N6O/c17-16(18,19)15-23-13(12-14(24-15)22-8-21-12)20-7-10-6-11(26-25-10)9-4-2-1-3-5-9/h1-6,8H,7H2,(H2,20,21,22,23,24). The van der Waals surface area contributed by atoms with Crippen LogP contribution in [0, 0.1) is 0 Å². The van der Waals surface area contributed by atoms with Crippen molar-refractivity contribution in [3.05, 3.63) is 54.2 Å². The molecule has 0 aliphatic carbocycles. The summed E-state index contributed by atoms with van der Waals surface area (Å²) in [5, 5.41) is 6.74. The Hall–Kier alpha value is -3.43. The molecule has 0 bridgehead atoms. The van der Waals surface area contributed by atoms with Crippen molar-refractivity contribution >= 4 is 17.0 Å². The predicted molar refractivity (Wildman–Crippen MR) is 86.0 cm³/mol. The second-order valence-electron chi connectivity index (χ2n) is 5.40. The summed E-state index contributed by atoms with van der Waals surface area (Å²) in [5.41, 5.74) is 1.58. The zero-order valence-corrected chi connectivity index (χ0v) is 13.1. The Labute approximate surface area is 144 Å². The van der Waals surface area contributed by atoms with Crippen LogP contribution < -0.4 is 5.32 Å². The number of rotatable bonds is 4. The number of hydrogen-bond acceptors (Lipinski definition) is 6. The Morgan fingerprint density at radius 3 is 2.69 bits per heavy atom. The van der Waals surface area contributed by atoms with E-state index in [9.17, 15) is 13.2 Å². The molecule has 26 heavy (non-hydrogen) atoms. The first-order valence-corrected chi connectivity index (χ1v) is 7.54. The predicted octanol–water partition coefficient (Wildman–Crippen LogP) is 3.64. The Morgan fingerprint density at radius 1 is 1.12 bits per heavy atom. The molecule has 0 atom stereocenters. The van der Waals surface area contributed by atoms with Crippen LogP contribution in [0.4, 0.5) is 19.0 Å². The van der Waals surface area contributed by atoms with Gasteiger partial charge >= 0.3 is 6.18 Å². The van der Waals surface area contributed by atoms with Crippen LogP contribution in [0.3, 0.4) is 0 Å². The number of benzene rings is 1. The maximum atomic E-state index is 12.9. The number of fused-ring (bicyclic) bond motifs is 1. The van der Waals surface area contributed by atoms with Gasteiger partial charge in [0.2, 0.25) is 5.82 Å². The molecule has 10 heteroatoms. The highest BCUT2D eigenvalue weighted by Gasteiger charge is 2.36. The average molecular weight is 360 g/mol. The summed E-state index contributed by atoms with van der Waals surface area (Å²) in [6, 6.07) is 11.1. The first-order valence-electron chi connectivity index (χ1n) is 7.54. The number of hydrogen-bond donors (Lipinski definition) is 2. The van der Waals surface area contributed by atoms with E-state index in [2.05, 4.69) is 30.4 Å². The van der Waals surface area contributed by atoms with E-state index in [0.717, 1.165) is 5.56 Å². The summed E-state index contributed by atoms with van der Waals surface area (Å²) in [4.78, 5) is 13.5. The molecule has 0 fully saturated rings. The minimum atomic E-state index is -4.67. The Bertz CT molecular complexity index is 1040. The summed E-state index contributed by atoms with van der Waals surface area (Å²) in [6.45, 7) is 0.124. The lowest BCUT2D eigenvalue weighted by Crippen LogP contribution is -2.13. The van der Waals surface area contributed by atoms with Gasteiger partial charge in [0.1, 0.15) is 11.2 Å². The van der Waals surface area contributed by atoms with Crippen molar-refractivity contribution < 1.29 is 17.7 Å². The van der Waals surface area contributed by atoms with Crippen LogP contribution in [-0.4, -0.2) is 25.1 Å². The van der Waals surface area contributed by atoms with Gasteiger partial charge in [0.15, 0.2) is 17.2 Å². The third kappa shape index (κ3) is 3.08. The molecule has 0 spiro atoms. The zero-order chi connectivity index (χ0) is 18.1. The van der Waals surface area contributed by atoms with E-state index in [0.29, 0.717) is 11.5 Å². The van der Waals surface area contributed by atoms with Crippen molar-refractivity contribution in [1.82, 2.24) is 25.1 Å². The average Bonchev–Trinajstić information content (AvgIpc) is 3.29. The van der Waals surface area contributed by atoms with E-state index in [4.69, 9.17) is 4.52 Å². The van der Waals surface area contributed by atoms with Crippen LogP contribution in [0.1, 0.15) is 11.5 Å². The Kier molecular flexibility index (Phi) is 3.79. The number of nitrogens with one attached hydrogen (secondary N) is 2. The second kappa shape index (κ2) is 6.14. The van der Waals surface area contributed by atoms with Gasteiger partial charge in [0.05, 0.1) is 12.9 Å². The van der Waals surface area contributed by atoms with Crippen molar-refractivity contribution in [1.29, 1.82) is 0 Å². The molecule has 1 aromatic carbocycles. The van der Waals surface area contributed by atoms with Gasteiger partial charge in [-0.05, 0) is 0 Å². The summed E-state index contributed by atoms with van der Waals surface area (Å²) in [5.74, 6) is -0.707. The molecule has 0 aliphatic heterocycles. The van der Waals surface area contributed by atoms with Crippen LogP contribution >= 0.6 is 0 Å². The van der Waals surface area contributed by atoms with Gasteiger partial charge in [0, 0.05) is 11.6 Å². The molecule has 4 rings (SSSR count). The van der Waals surface area contributed by atoms with Gasteiger partial charge in [-0.2, -0.15) is 13.2 Å². The molecule has 2 N–H and O–H groups in total. The maximum absolute atomic E-state index is 12.9. The minimum Gasteiger partial charge on any atom is -0.362 e. The first kappa shape index (κ1) is 16.1. The fourth-order valence-corrected chi connectivity index (χ4v) is 2.40. The number of alkyl halides is 3. The molecular formula is C16H11F3N6O. The van der Waals surface area contributed by atoms with Gasteiger partial charge in [-0.25, -0.2) is 15.0 Å². The van der Waals surface area contributed by atoms with Crippen molar-refractivity contribution in [2.75, 3.05) is 5.32 Å². The van der Waals surface area contributed by atoms with Crippen LogP contribution in [0.2, 0.25) is 0 Å². The van der Waals surface area contributed by atoms with Crippen molar-refractivity contribution in [3.8, 4) is 11.3 Å². The number of anilines is 1. The van der Waals surface area contributed by atoms with Gasteiger partial charge in [-0.3, -0.25) is 0 Å². The lowest BCUT2D eigenvalue weighted by atomic mass is 10.2. The van der Waals surface area contributed by atoms with E-state index in [-0.39, 0.29) is 23.5 Å². The second-order valence-corrected chi connectivity index (χ2v) is 5.40. The highest BCUT2D eigenvalue weighted by atomic mass is 19.4. The minimum absolute atomic E-state index is 0.0101. The Balaban J connectivity index is 1.58. The molecule has 4 aromatic rings. The number of nitrogens with zero attached hydrogens (tertiary/aromatic N) is 4. The molecule has 0 saturated heterocycles. The molecule has 132 valence electrons. The van der Waals surface area contributed by atoms with Gasteiger partial charge in [-0.1, -0.05) is 35.5 Å². The molecule has 7 nitrogen and oxygen atoms in total. The van der Waals surface area contributed by atoms with Crippen LogP contribution in [0.25, 0.3) is 22.5 Å². The van der Waals surface area contributed by atoms with Crippen molar-refractivity contribution in [2.45, 2.75) is 12.7 Å². The summed E-state index contributed by atoms with van der Waals surface area (Å²) in [7, 11) is 0. The number of halogens is 3. The third-order valence-corrected chi connectivity index (χ3v) is 3.59. The third-order valence-electron chi connectivity index (χ3n) is 3.59. The molecule has 0 amide bonds. The highest BCUT2D eigenvalue weighted by Crippen LogP contribution is 2.29. The van der Waals surface area contributed by atoms with E-state index < -0.39 is 12.0 Å². The number of imidazole rings is 1. The SMILES string of the molecule is FC(F)(F)c1nc(NCc2cc(-c3ccccc3)on2)c2[nH]cnc2n1. The van der Waals surface area contributed by atoms with E-state index in [1.165, 1.54) is 6.33 Å². The quantitative estimate of drug-likeness (QED) is 0.577. The van der Waals surface area contributed by atoms with Crippen LogP contribution in [-0.2, 0) is 12.7 Å². The highest BCUT2D eigenvalue weighted by molar-refractivity contribution is 5.82. The fourth-order valence-electron chi connectivity index (χ4n) is 2.40. The lowest BCUT2D eigenvalue weighted by molar-refractivity contribution is -0.144. The fraction of sp³-hybridized carbons (Fsp3) is 0.125. The number of aromatic nitrogens is 5. The van der Waals surface area contributed by atoms with E-state index >= 15 is 0 Å². The lowest BCUT2D eigenvalue weighted by Gasteiger charge is -2.08. The molecule has 0 radical (unpaired) electrons. The van der Waals surface area contributed by atoms with E-state index in [1.807, 2.05) is 30.3 Å². The number of aromatic amines is 1. The molecule has 0 saturated carbocycles. The summed E-state index contributed by atoms with van der Waals surface area (Å²) >= 11 is 0. The molecular weight excluding hydrogens is 349 g/mol. The molecule has 3 aromatic heterocycles. The van der Waals surface area contributed by atoms with Crippen LogP contribution in [0.5, 0.6) is 0 Å². The smallest absolute Gasteiger partial charge is 0.362 e. The van der Waals surface area contributed by atoms with Crippen LogP contribution in [0.15, 0.2) is 47.2 Å². The van der Waals surface area contributed by atoms with Gasteiger partial charge in [-0.15, -0.1) is 0 Å². The summed E-state index contributed by atoms with van der Waals surface area (Å²) < 4.78 is 44.1. The van der Waals surface area contributed by atoms with Gasteiger partial charge in [0.25, 0.3) is 0 Å². The van der Waals surface area contributed by atoms with Crippen molar-refractivity contribution in [2.24, 2.45) is 0 Å². The zero-order valence-electron chi connectivity index (χ0n) is 13.1. The monoisotopic (exact) mass is 360 g/mol. The largest absolute Gasteiger partial charge is 0.451 e. The Morgan fingerprint density at radius 2 is 1.92 bits per heavy atom. The van der Waals surface area contributed by atoms with E-state index in [1.54, 1.807) is 6.07 Å². The molecule has 0 aliphatic rings.